The van der Waals surface area contributed by atoms with Gasteiger partial charge >= 0.3 is 0 Å². The zero-order valence-electron chi connectivity index (χ0n) is 12.7. The Kier molecular flexibility index (Phi) is 7.06. The summed E-state index contributed by atoms with van der Waals surface area (Å²) >= 11 is 0. The molecule has 1 unspecified atom stereocenters. The summed E-state index contributed by atoms with van der Waals surface area (Å²) in [6, 6.07) is 10.4. The van der Waals surface area contributed by atoms with Gasteiger partial charge in [0.2, 0.25) is 0 Å². The van der Waals surface area contributed by atoms with Crippen LogP contribution in [-0.2, 0) is 4.74 Å². The minimum absolute atomic E-state index is 0.159. The van der Waals surface area contributed by atoms with Crippen molar-refractivity contribution in [3.63, 3.8) is 0 Å². The smallest absolute Gasteiger partial charge is 0.0945 e. The maximum Gasteiger partial charge on any atom is 0.0945 e. The van der Waals surface area contributed by atoms with Crippen molar-refractivity contribution >= 4 is 0 Å². The first kappa shape index (κ1) is 15.5. The van der Waals surface area contributed by atoms with Crippen LogP contribution in [0.5, 0.6) is 0 Å². The first-order valence-electron chi connectivity index (χ1n) is 7.91. The predicted molar refractivity (Wildman–Crippen MR) is 84.0 cm³/mol. The highest BCUT2D eigenvalue weighted by Crippen LogP contribution is 2.14. The summed E-state index contributed by atoms with van der Waals surface area (Å²) in [7, 11) is 1.78. The average molecular weight is 276 g/mol. The molecule has 3 nitrogen and oxygen atoms in total. The molecule has 0 amide bonds. The number of hydrogen-bond donors (Lipinski definition) is 1. The van der Waals surface area contributed by atoms with Gasteiger partial charge in [0.1, 0.15) is 0 Å². The Bertz CT molecular complexity index is 349. The molecule has 1 aromatic carbocycles. The second-order valence-corrected chi connectivity index (χ2v) is 5.60. The molecule has 1 aromatic rings. The van der Waals surface area contributed by atoms with Crippen LogP contribution in [0.15, 0.2) is 30.3 Å². The summed E-state index contributed by atoms with van der Waals surface area (Å²) in [6.45, 7) is 5.79. The maximum absolute atomic E-state index is 5.56. The van der Waals surface area contributed by atoms with Gasteiger partial charge in [0.25, 0.3) is 0 Å². The Morgan fingerprint density at radius 3 is 2.60 bits per heavy atom. The van der Waals surface area contributed by atoms with Crippen LogP contribution in [0.2, 0.25) is 0 Å². The highest BCUT2D eigenvalue weighted by atomic mass is 16.5. The van der Waals surface area contributed by atoms with Gasteiger partial charge in [0, 0.05) is 13.7 Å². The number of methoxy groups -OCH3 is 1. The molecule has 0 saturated carbocycles. The number of piperidine rings is 1. The third-order valence-electron chi connectivity index (χ3n) is 4.06. The van der Waals surface area contributed by atoms with Crippen molar-refractivity contribution in [2.75, 3.05) is 39.8 Å². The van der Waals surface area contributed by atoms with Crippen LogP contribution >= 0.6 is 0 Å². The zero-order valence-corrected chi connectivity index (χ0v) is 12.7. The van der Waals surface area contributed by atoms with Crippen LogP contribution in [0.1, 0.15) is 37.4 Å². The van der Waals surface area contributed by atoms with Gasteiger partial charge in [-0.15, -0.1) is 0 Å². The van der Waals surface area contributed by atoms with Gasteiger partial charge in [-0.1, -0.05) is 36.8 Å². The molecule has 1 saturated heterocycles. The molecule has 1 aliphatic heterocycles. The highest BCUT2D eigenvalue weighted by molar-refractivity contribution is 5.17. The minimum Gasteiger partial charge on any atom is -0.375 e. The van der Waals surface area contributed by atoms with Gasteiger partial charge in [0.05, 0.1) is 6.10 Å². The summed E-state index contributed by atoms with van der Waals surface area (Å²) in [6.07, 6.45) is 5.57. The van der Waals surface area contributed by atoms with Crippen molar-refractivity contribution in [3.05, 3.63) is 35.9 Å². The number of nitrogens with zero attached hydrogens (tertiary/aromatic N) is 1. The average Bonchev–Trinajstić information content (AvgIpc) is 2.53. The third-order valence-corrected chi connectivity index (χ3v) is 4.06. The number of likely N-dealkylation sites (tertiary alicyclic amines) is 1. The van der Waals surface area contributed by atoms with E-state index in [1.54, 1.807) is 7.11 Å². The molecule has 0 aromatic heterocycles. The summed E-state index contributed by atoms with van der Waals surface area (Å²) in [4.78, 5) is 2.59. The van der Waals surface area contributed by atoms with E-state index in [2.05, 4.69) is 34.5 Å². The zero-order chi connectivity index (χ0) is 14.0. The van der Waals surface area contributed by atoms with Crippen molar-refractivity contribution in [1.82, 2.24) is 10.2 Å². The van der Waals surface area contributed by atoms with Crippen molar-refractivity contribution in [2.24, 2.45) is 0 Å². The number of ether oxygens (including phenoxy) is 1. The lowest BCUT2D eigenvalue weighted by Gasteiger charge is -2.26. The number of rotatable bonds is 8. The Morgan fingerprint density at radius 1 is 1.15 bits per heavy atom. The molecule has 0 bridgehead atoms. The highest BCUT2D eigenvalue weighted by Gasteiger charge is 2.10. The SMILES string of the molecule is COC(CNCCCN1CCCCC1)c1ccccc1. The van der Waals surface area contributed by atoms with E-state index >= 15 is 0 Å². The van der Waals surface area contributed by atoms with Crippen molar-refractivity contribution < 1.29 is 4.74 Å². The van der Waals surface area contributed by atoms with E-state index in [0.717, 1.165) is 13.1 Å². The quantitative estimate of drug-likeness (QED) is 0.739. The normalized spacial score (nSPS) is 18.1. The van der Waals surface area contributed by atoms with E-state index in [1.807, 2.05) is 6.07 Å². The second kappa shape index (κ2) is 9.11. The molecule has 1 aliphatic rings. The molecule has 0 spiro atoms. The number of nitrogens with one attached hydrogen (secondary N) is 1. The summed E-state index contributed by atoms with van der Waals surface area (Å²) in [5.41, 5.74) is 1.25. The van der Waals surface area contributed by atoms with Gasteiger partial charge in [-0.3, -0.25) is 0 Å². The molecule has 20 heavy (non-hydrogen) atoms. The van der Waals surface area contributed by atoms with E-state index < -0.39 is 0 Å². The van der Waals surface area contributed by atoms with Crippen molar-refractivity contribution in [2.45, 2.75) is 31.8 Å². The van der Waals surface area contributed by atoms with Gasteiger partial charge in [-0.2, -0.15) is 0 Å². The summed E-state index contributed by atoms with van der Waals surface area (Å²) < 4.78 is 5.56. The molecule has 1 fully saturated rings. The van der Waals surface area contributed by atoms with Crippen LogP contribution in [0.4, 0.5) is 0 Å². The van der Waals surface area contributed by atoms with E-state index in [0.29, 0.717) is 0 Å². The van der Waals surface area contributed by atoms with Crippen LogP contribution in [0.25, 0.3) is 0 Å². The van der Waals surface area contributed by atoms with Crippen LogP contribution in [0.3, 0.4) is 0 Å². The standard InChI is InChI=1S/C17H28N2O/c1-20-17(16-9-4-2-5-10-16)15-18-11-8-14-19-12-6-3-7-13-19/h2,4-5,9-10,17-18H,3,6-8,11-15H2,1H3. The van der Waals surface area contributed by atoms with Crippen molar-refractivity contribution in [3.8, 4) is 0 Å². The number of hydrogen-bond acceptors (Lipinski definition) is 3. The Hall–Kier alpha value is -0.900. The van der Waals surface area contributed by atoms with Crippen LogP contribution in [-0.4, -0.2) is 44.7 Å². The fourth-order valence-corrected chi connectivity index (χ4v) is 2.85. The molecule has 3 heteroatoms. The first-order valence-corrected chi connectivity index (χ1v) is 7.91. The third kappa shape index (κ3) is 5.23. The van der Waals surface area contributed by atoms with E-state index in [1.165, 1.54) is 50.9 Å². The van der Waals surface area contributed by atoms with Gasteiger partial charge in [-0.05, 0) is 51.0 Å². The lowest BCUT2D eigenvalue weighted by molar-refractivity contribution is 0.102. The summed E-state index contributed by atoms with van der Waals surface area (Å²) in [5, 5.41) is 3.52. The predicted octanol–water partition coefficient (Wildman–Crippen LogP) is 2.84. The topological polar surface area (TPSA) is 24.5 Å². The van der Waals surface area contributed by atoms with E-state index in [9.17, 15) is 0 Å². The van der Waals surface area contributed by atoms with Gasteiger partial charge in [-0.25, -0.2) is 0 Å². The molecule has 112 valence electrons. The maximum atomic E-state index is 5.56. The molecule has 1 heterocycles. The summed E-state index contributed by atoms with van der Waals surface area (Å²) in [5.74, 6) is 0. The van der Waals surface area contributed by atoms with Gasteiger partial charge in [0.15, 0.2) is 0 Å². The molecule has 0 aliphatic carbocycles. The molecular formula is C17H28N2O. The molecular weight excluding hydrogens is 248 g/mol. The Balaban J connectivity index is 1.59. The minimum atomic E-state index is 0.159. The van der Waals surface area contributed by atoms with Crippen LogP contribution < -0.4 is 5.32 Å². The van der Waals surface area contributed by atoms with Gasteiger partial charge < -0.3 is 15.0 Å². The number of benzene rings is 1. The van der Waals surface area contributed by atoms with E-state index in [4.69, 9.17) is 4.74 Å². The Labute approximate surface area is 123 Å². The Morgan fingerprint density at radius 2 is 1.90 bits per heavy atom. The molecule has 1 N–H and O–H groups in total. The monoisotopic (exact) mass is 276 g/mol. The largest absolute Gasteiger partial charge is 0.375 e. The molecule has 0 radical (unpaired) electrons. The molecule has 1 atom stereocenters. The lowest BCUT2D eigenvalue weighted by atomic mass is 10.1. The second-order valence-electron chi connectivity index (χ2n) is 5.60. The molecule has 2 rings (SSSR count). The first-order chi connectivity index (χ1) is 9.90. The fraction of sp³-hybridized carbons (Fsp3) is 0.647. The van der Waals surface area contributed by atoms with E-state index in [-0.39, 0.29) is 6.10 Å². The lowest BCUT2D eigenvalue weighted by Crippen LogP contribution is -2.33. The van der Waals surface area contributed by atoms with Crippen molar-refractivity contribution in [1.29, 1.82) is 0 Å². The van der Waals surface area contributed by atoms with Crippen LogP contribution in [0, 0.1) is 0 Å². The fourth-order valence-electron chi connectivity index (χ4n) is 2.85.